The van der Waals surface area contributed by atoms with E-state index in [4.69, 9.17) is 10.5 Å². The molecule has 0 radical (unpaired) electrons. The minimum atomic E-state index is 0.0666. The highest BCUT2D eigenvalue weighted by molar-refractivity contribution is 5.76. The van der Waals surface area contributed by atoms with Crippen molar-refractivity contribution in [3.8, 4) is 0 Å². The van der Waals surface area contributed by atoms with E-state index in [-0.39, 0.29) is 12.4 Å². The maximum atomic E-state index is 10.4. The highest BCUT2D eigenvalue weighted by Gasteiger charge is 2.03. The van der Waals surface area contributed by atoms with Gasteiger partial charge in [0.15, 0.2) is 5.78 Å². The van der Waals surface area contributed by atoms with Crippen molar-refractivity contribution < 1.29 is 9.53 Å². The highest BCUT2D eigenvalue weighted by atomic mass is 16.5. The number of ketones is 1. The molecule has 0 saturated carbocycles. The van der Waals surface area contributed by atoms with Gasteiger partial charge in [-0.1, -0.05) is 6.92 Å². The lowest BCUT2D eigenvalue weighted by Crippen LogP contribution is -2.20. The molecule has 0 bridgehead atoms. The van der Waals surface area contributed by atoms with Gasteiger partial charge >= 0.3 is 0 Å². The third-order valence-electron chi connectivity index (χ3n) is 1.57. The maximum absolute atomic E-state index is 10.4. The summed E-state index contributed by atoms with van der Waals surface area (Å²) in [6, 6.07) is 0. The fourth-order valence-corrected chi connectivity index (χ4v) is 0.722. The van der Waals surface area contributed by atoms with Crippen molar-refractivity contribution >= 4 is 5.78 Å². The molecule has 0 amide bonds. The van der Waals surface area contributed by atoms with Crippen molar-refractivity contribution in [2.24, 2.45) is 11.7 Å². The minimum Gasteiger partial charge on any atom is -0.373 e. The van der Waals surface area contributed by atoms with Crippen molar-refractivity contribution in [1.29, 1.82) is 0 Å². The zero-order valence-electron chi connectivity index (χ0n) is 7.30. The molecule has 1 atom stereocenters. The molecule has 0 fully saturated rings. The Labute approximate surface area is 67.9 Å². The monoisotopic (exact) mass is 159 g/mol. The molecule has 0 aromatic carbocycles. The molecule has 0 aromatic rings. The largest absolute Gasteiger partial charge is 0.373 e. The van der Waals surface area contributed by atoms with Crippen LogP contribution >= 0.6 is 0 Å². The van der Waals surface area contributed by atoms with Gasteiger partial charge in [-0.2, -0.15) is 0 Å². The summed E-state index contributed by atoms with van der Waals surface area (Å²) in [5.74, 6) is 0.464. The number of hydrogen-bond acceptors (Lipinski definition) is 3. The van der Waals surface area contributed by atoms with E-state index in [1.165, 1.54) is 6.92 Å². The molecule has 3 nitrogen and oxygen atoms in total. The first-order chi connectivity index (χ1) is 5.20. The zero-order valence-corrected chi connectivity index (χ0v) is 7.30. The Morgan fingerprint density at radius 2 is 2.27 bits per heavy atom. The van der Waals surface area contributed by atoms with E-state index in [9.17, 15) is 4.79 Å². The van der Waals surface area contributed by atoms with E-state index in [1.54, 1.807) is 0 Å². The summed E-state index contributed by atoms with van der Waals surface area (Å²) in [5, 5.41) is 0. The van der Waals surface area contributed by atoms with Crippen molar-refractivity contribution in [2.75, 3.05) is 19.8 Å². The van der Waals surface area contributed by atoms with Crippen LogP contribution in [-0.4, -0.2) is 25.5 Å². The topological polar surface area (TPSA) is 52.3 Å². The van der Waals surface area contributed by atoms with Gasteiger partial charge in [0, 0.05) is 0 Å². The van der Waals surface area contributed by atoms with Gasteiger partial charge in [0.25, 0.3) is 0 Å². The third-order valence-corrected chi connectivity index (χ3v) is 1.57. The van der Waals surface area contributed by atoms with Crippen LogP contribution in [0.5, 0.6) is 0 Å². The van der Waals surface area contributed by atoms with Crippen molar-refractivity contribution in [3.05, 3.63) is 0 Å². The summed E-state index contributed by atoms with van der Waals surface area (Å²) in [5.41, 5.74) is 5.44. The fourth-order valence-electron chi connectivity index (χ4n) is 0.722. The Morgan fingerprint density at radius 3 is 2.64 bits per heavy atom. The second-order valence-corrected chi connectivity index (χ2v) is 2.73. The molecule has 0 aliphatic carbocycles. The molecule has 0 rings (SSSR count). The Morgan fingerprint density at radius 1 is 1.64 bits per heavy atom. The van der Waals surface area contributed by atoms with Crippen LogP contribution in [0.25, 0.3) is 0 Å². The lowest BCUT2D eigenvalue weighted by molar-refractivity contribution is -0.121. The van der Waals surface area contributed by atoms with E-state index in [0.717, 1.165) is 6.42 Å². The van der Waals surface area contributed by atoms with Crippen LogP contribution < -0.4 is 5.73 Å². The molecule has 0 saturated heterocycles. The average molecular weight is 159 g/mol. The normalized spacial score (nSPS) is 13.0. The summed E-state index contributed by atoms with van der Waals surface area (Å²) in [6.07, 6.45) is 1.01. The van der Waals surface area contributed by atoms with Gasteiger partial charge in [0.2, 0.25) is 0 Å². The lowest BCUT2D eigenvalue weighted by atomic mass is 10.1. The Balaban J connectivity index is 3.28. The summed E-state index contributed by atoms with van der Waals surface area (Å²) in [7, 11) is 0. The SMILES string of the molecule is CCC(CN)COCC(C)=O. The summed E-state index contributed by atoms with van der Waals surface area (Å²) in [4.78, 5) is 10.4. The Hall–Kier alpha value is -0.410. The van der Waals surface area contributed by atoms with Crippen LogP contribution in [0.3, 0.4) is 0 Å². The quantitative estimate of drug-likeness (QED) is 0.616. The molecule has 2 N–H and O–H groups in total. The first kappa shape index (κ1) is 10.6. The summed E-state index contributed by atoms with van der Waals surface area (Å²) >= 11 is 0. The van der Waals surface area contributed by atoms with Gasteiger partial charge in [-0.05, 0) is 25.8 Å². The van der Waals surface area contributed by atoms with Crippen molar-refractivity contribution in [2.45, 2.75) is 20.3 Å². The van der Waals surface area contributed by atoms with Gasteiger partial charge in [0.1, 0.15) is 6.61 Å². The number of ether oxygens (including phenoxy) is 1. The zero-order chi connectivity index (χ0) is 8.69. The molecule has 1 unspecified atom stereocenters. The number of rotatable bonds is 6. The van der Waals surface area contributed by atoms with E-state index < -0.39 is 0 Å². The predicted octanol–water partition coefficient (Wildman–Crippen LogP) is 0.577. The molecule has 0 aromatic heterocycles. The molecule has 0 spiro atoms. The summed E-state index contributed by atoms with van der Waals surface area (Å²) in [6.45, 7) is 5.04. The lowest BCUT2D eigenvalue weighted by Gasteiger charge is -2.10. The average Bonchev–Trinajstić information content (AvgIpc) is 1.98. The molecule has 66 valence electrons. The Kier molecular flexibility index (Phi) is 6.07. The van der Waals surface area contributed by atoms with Crippen LogP contribution in [-0.2, 0) is 9.53 Å². The van der Waals surface area contributed by atoms with Crippen LogP contribution in [0.2, 0.25) is 0 Å². The van der Waals surface area contributed by atoms with E-state index in [1.807, 2.05) is 0 Å². The van der Waals surface area contributed by atoms with Gasteiger partial charge in [-0.3, -0.25) is 4.79 Å². The third kappa shape index (κ3) is 6.01. The summed E-state index contributed by atoms with van der Waals surface area (Å²) < 4.78 is 5.11. The van der Waals surface area contributed by atoms with Crippen LogP contribution in [0, 0.1) is 5.92 Å². The fraction of sp³-hybridized carbons (Fsp3) is 0.875. The number of carbonyl (C=O) groups is 1. The number of nitrogens with two attached hydrogens (primary N) is 1. The molecular formula is C8H17NO2. The van der Waals surface area contributed by atoms with Gasteiger partial charge < -0.3 is 10.5 Å². The number of Topliss-reactive ketones (excluding diaryl/α,β-unsaturated/α-hetero) is 1. The number of carbonyl (C=O) groups excluding carboxylic acids is 1. The second kappa shape index (κ2) is 6.31. The standard InChI is InChI=1S/C8H17NO2/c1-3-8(4-9)6-11-5-7(2)10/h8H,3-6,9H2,1-2H3. The number of hydrogen-bond donors (Lipinski definition) is 1. The molecule has 0 aliphatic heterocycles. The molecule has 3 heteroatoms. The molecule has 0 heterocycles. The maximum Gasteiger partial charge on any atom is 0.155 e. The van der Waals surface area contributed by atoms with Crippen LogP contribution in [0.4, 0.5) is 0 Å². The van der Waals surface area contributed by atoms with E-state index in [0.29, 0.717) is 19.1 Å². The van der Waals surface area contributed by atoms with Gasteiger partial charge in [0.05, 0.1) is 6.61 Å². The molecule has 0 aliphatic rings. The van der Waals surface area contributed by atoms with Crippen LogP contribution in [0.1, 0.15) is 20.3 Å². The molecular weight excluding hydrogens is 142 g/mol. The van der Waals surface area contributed by atoms with Crippen LogP contribution in [0.15, 0.2) is 0 Å². The Bertz CT molecular complexity index is 111. The van der Waals surface area contributed by atoms with Gasteiger partial charge in [-0.25, -0.2) is 0 Å². The van der Waals surface area contributed by atoms with E-state index in [2.05, 4.69) is 6.92 Å². The predicted molar refractivity (Wildman–Crippen MR) is 44.3 cm³/mol. The first-order valence-electron chi connectivity index (χ1n) is 3.98. The van der Waals surface area contributed by atoms with E-state index >= 15 is 0 Å². The second-order valence-electron chi connectivity index (χ2n) is 2.73. The minimum absolute atomic E-state index is 0.0666. The highest BCUT2D eigenvalue weighted by Crippen LogP contribution is 1.99. The van der Waals surface area contributed by atoms with Crippen molar-refractivity contribution in [3.63, 3.8) is 0 Å². The first-order valence-corrected chi connectivity index (χ1v) is 3.98. The van der Waals surface area contributed by atoms with Crippen molar-refractivity contribution in [1.82, 2.24) is 0 Å². The molecule has 11 heavy (non-hydrogen) atoms. The van der Waals surface area contributed by atoms with Gasteiger partial charge in [-0.15, -0.1) is 0 Å². The smallest absolute Gasteiger partial charge is 0.155 e.